The number of thiazole rings is 1. The fourth-order valence-corrected chi connectivity index (χ4v) is 4.30. The summed E-state index contributed by atoms with van der Waals surface area (Å²) in [7, 11) is 0. The molecule has 0 bridgehead atoms. The lowest BCUT2D eigenvalue weighted by Crippen LogP contribution is -2.25. The predicted molar refractivity (Wildman–Crippen MR) is 109 cm³/mol. The van der Waals surface area contributed by atoms with Crippen molar-refractivity contribution in [1.29, 1.82) is 0 Å². The molecule has 1 aliphatic rings. The van der Waals surface area contributed by atoms with Crippen molar-refractivity contribution >= 4 is 56.4 Å². The van der Waals surface area contributed by atoms with Crippen LogP contribution in [0.25, 0.3) is 11.3 Å². The molecule has 7 nitrogen and oxygen atoms in total. The van der Waals surface area contributed by atoms with Crippen molar-refractivity contribution in [3.63, 3.8) is 0 Å². The summed E-state index contributed by atoms with van der Waals surface area (Å²) in [5.41, 5.74) is 1.24. The molecule has 1 N–H and O–H groups in total. The Kier molecular flexibility index (Phi) is 6.17. The Morgan fingerprint density at radius 1 is 1.42 bits per heavy atom. The summed E-state index contributed by atoms with van der Waals surface area (Å²) in [5.74, 6) is 0.0672. The lowest BCUT2D eigenvalue weighted by Gasteiger charge is -2.17. The molecule has 0 atom stereocenters. The molecule has 1 amide bonds. The van der Waals surface area contributed by atoms with E-state index in [2.05, 4.69) is 15.2 Å². The van der Waals surface area contributed by atoms with E-state index in [1.165, 1.54) is 35.2 Å². The summed E-state index contributed by atoms with van der Waals surface area (Å²) in [6, 6.07) is 6.25. The third-order valence-electron chi connectivity index (χ3n) is 3.79. The Balaban J connectivity index is 1.56. The highest BCUT2D eigenvalue weighted by Crippen LogP contribution is 2.27. The molecular formula is C16H16N4O3S3. The van der Waals surface area contributed by atoms with Crippen LogP contribution in [0.5, 0.6) is 0 Å². The quantitative estimate of drug-likeness (QED) is 0.458. The van der Waals surface area contributed by atoms with Crippen LogP contribution in [0.2, 0.25) is 0 Å². The zero-order valence-electron chi connectivity index (χ0n) is 13.7. The Hall–Kier alpha value is -2.04. The zero-order valence-corrected chi connectivity index (χ0v) is 16.2. The van der Waals surface area contributed by atoms with E-state index in [4.69, 9.17) is 12.2 Å². The van der Waals surface area contributed by atoms with Crippen LogP contribution in [-0.2, 0) is 4.79 Å². The van der Waals surface area contributed by atoms with Gasteiger partial charge in [-0.3, -0.25) is 14.9 Å². The molecule has 0 spiro atoms. The maximum atomic E-state index is 12.1. The van der Waals surface area contributed by atoms with Gasteiger partial charge in [0, 0.05) is 36.2 Å². The Morgan fingerprint density at radius 2 is 2.19 bits per heavy atom. The van der Waals surface area contributed by atoms with Crippen LogP contribution in [0, 0.1) is 10.1 Å². The summed E-state index contributed by atoms with van der Waals surface area (Å²) in [6.45, 7) is 1.93. The van der Waals surface area contributed by atoms with Gasteiger partial charge >= 0.3 is 0 Å². The minimum absolute atomic E-state index is 0.00732. The number of carbonyl (C=O) groups is 1. The van der Waals surface area contributed by atoms with Gasteiger partial charge in [0.1, 0.15) is 4.32 Å². The van der Waals surface area contributed by atoms with Crippen molar-refractivity contribution < 1.29 is 9.72 Å². The van der Waals surface area contributed by atoms with Gasteiger partial charge in [0.15, 0.2) is 5.13 Å². The number of nitrogens with zero attached hydrogens (tertiary/aromatic N) is 3. The van der Waals surface area contributed by atoms with E-state index >= 15 is 0 Å². The maximum absolute atomic E-state index is 12.1. The van der Waals surface area contributed by atoms with Crippen molar-refractivity contribution in [3.8, 4) is 11.3 Å². The molecule has 10 heteroatoms. The minimum Gasteiger partial charge on any atom is -0.358 e. The Morgan fingerprint density at radius 3 is 2.92 bits per heavy atom. The number of rotatable bonds is 5. The number of nitrogens with one attached hydrogen (secondary N) is 1. The highest BCUT2D eigenvalue weighted by molar-refractivity contribution is 8.23. The smallest absolute Gasteiger partial charge is 0.270 e. The van der Waals surface area contributed by atoms with E-state index in [-0.39, 0.29) is 17.3 Å². The van der Waals surface area contributed by atoms with Gasteiger partial charge < -0.3 is 10.2 Å². The number of carbonyl (C=O) groups excluding carboxylic acids is 1. The van der Waals surface area contributed by atoms with Gasteiger partial charge in [-0.1, -0.05) is 36.1 Å². The third-order valence-corrected chi connectivity index (χ3v) is 6.08. The van der Waals surface area contributed by atoms with Gasteiger partial charge in [-0.25, -0.2) is 4.98 Å². The first-order valence-corrected chi connectivity index (χ1v) is 10.2. The van der Waals surface area contributed by atoms with Crippen molar-refractivity contribution in [2.75, 3.05) is 24.2 Å². The number of amides is 1. The van der Waals surface area contributed by atoms with Crippen LogP contribution < -0.4 is 5.32 Å². The number of hydrogen-bond acceptors (Lipinski definition) is 7. The fraction of sp³-hybridized carbons (Fsp3) is 0.312. The molecule has 1 aromatic carbocycles. The van der Waals surface area contributed by atoms with E-state index in [9.17, 15) is 14.9 Å². The topological polar surface area (TPSA) is 88.4 Å². The number of hydrogen-bond donors (Lipinski definition) is 1. The average Bonchev–Trinajstić information content (AvgIpc) is 3.32. The van der Waals surface area contributed by atoms with Crippen molar-refractivity contribution in [2.45, 2.75) is 12.8 Å². The number of benzene rings is 1. The molecule has 0 aliphatic carbocycles. The number of likely N-dealkylation sites (tertiary alicyclic amines) is 1. The molecule has 1 saturated heterocycles. The molecule has 3 rings (SSSR count). The normalized spacial score (nSPS) is 13.6. The van der Waals surface area contributed by atoms with Crippen LogP contribution in [0.1, 0.15) is 12.8 Å². The van der Waals surface area contributed by atoms with Crippen LogP contribution in [-0.4, -0.2) is 43.9 Å². The number of non-ortho nitro benzene ring substituents is 1. The standard InChI is InChI=1S/C16H16N4O3S3/c21-14(10-26-16(24)19-6-1-2-7-19)18-15-17-13(9-25-15)11-4-3-5-12(8-11)20(22)23/h3-5,8-9H,1-2,6-7,10H2,(H,17,18,21). The zero-order chi connectivity index (χ0) is 18.5. The first-order valence-electron chi connectivity index (χ1n) is 7.95. The van der Waals surface area contributed by atoms with Crippen LogP contribution >= 0.6 is 35.3 Å². The third kappa shape index (κ3) is 4.77. The molecule has 1 aromatic heterocycles. The number of nitro benzene ring substituents is 1. The summed E-state index contributed by atoms with van der Waals surface area (Å²) in [5, 5.41) is 15.8. The summed E-state index contributed by atoms with van der Waals surface area (Å²) in [6.07, 6.45) is 2.29. The molecule has 136 valence electrons. The molecule has 26 heavy (non-hydrogen) atoms. The van der Waals surface area contributed by atoms with Crippen molar-refractivity contribution in [2.24, 2.45) is 0 Å². The van der Waals surface area contributed by atoms with Gasteiger partial charge in [-0.15, -0.1) is 11.3 Å². The summed E-state index contributed by atoms with van der Waals surface area (Å²) >= 11 is 7.98. The van der Waals surface area contributed by atoms with Gasteiger partial charge in [-0.2, -0.15) is 0 Å². The Bertz CT molecular complexity index is 834. The number of anilines is 1. The highest BCUT2D eigenvalue weighted by atomic mass is 32.2. The first kappa shape index (κ1) is 18.7. The van der Waals surface area contributed by atoms with Gasteiger partial charge in [0.25, 0.3) is 5.69 Å². The van der Waals surface area contributed by atoms with E-state index in [1.807, 2.05) is 0 Å². The number of thioether (sulfide) groups is 1. The second-order valence-electron chi connectivity index (χ2n) is 5.64. The van der Waals surface area contributed by atoms with Gasteiger partial charge in [-0.05, 0) is 12.8 Å². The molecule has 0 unspecified atom stereocenters. The molecule has 2 heterocycles. The molecule has 1 aliphatic heterocycles. The average molecular weight is 409 g/mol. The first-order chi connectivity index (χ1) is 12.5. The Labute approximate surface area is 164 Å². The largest absolute Gasteiger partial charge is 0.358 e. The maximum Gasteiger partial charge on any atom is 0.270 e. The number of thiocarbonyl (C=S) groups is 1. The van der Waals surface area contributed by atoms with E-state index in [0.29, 0.717) is 16.4 Å². The lowest BCUT2D eigenvalue weighted by molar-refractivity contribution is -0.384. The summed E-state index contributed by atoms with van der Waals surface area (Å²) < 4.78 is 0.758. The lowest BCUT2D eigenvalue weighted by atomic mass is 10.1. The van der Waals surface area contributed by atoms with E-state index in [0.717, 1.165) is 30.3 Å². The monoisotopic (exact) mass is 408 g/mol. The molecule has 0 saturated carbocycles. The predicted octanol–water partition coefficient (Wildman–Crippen LogP) is 3.77. The van der Waals surface area contributed by atoms with E-state index < -0.39 is 4.92 Å². The molecule has 1 fully saturated rings. The number of nitro groups is 1. The fourth-order valence-electron chi connectivity index (χ4n) is 2.52. The van der Waals surface area contributed by atoms with E-state index in [1.54, 1.807) is 17.5 Å². The van der Waals surface area contributed by atoms with Crippen molar-refractivity contribution in [3.05, 3.63) is 39.8 Å². The second kappa shape index (κ2) is 8.56. The number of aromatic nitrogens is 1. The van der Waals surface area contributed by atoms with Gasteiger partial charge in [0.05, 0.1) is 16.4 Å². The van der Waals surface area contributed by atoms with Gasteiger partial charge in [0.2, 0.25) is 5.91 Å². The van der Waals surface area contributed by atoms with Crippen LogP contribution in [0.4, 0.5) is 10.8 Å². The molecule has 2 aromatic rings. The van der Waals surface area contributed by atoms with Crippen molar-refractivity contribution in [1.82, 2.24) is 9.88 Å². The van der Waals surface area contributed by atoms with Crippen LogP contribution in [0.15, 0.2) is 29.6 Å². The minimum atomic E-state index is -0.445. The summed E-state index contributed by atoms with van der Waals surface area (Å²) in [4.78, 5) is 29.0. The second-order valence-corrected chi connectivity index (χ2v) is 8.11. The van der Waals surface area contributed by atoms with Crippen LogP contribution in [0.3, 0.4) is 0 Å². The molecular weight excluding hydrogens is 392 g/mol. The SMILES string of the molecule is O=C(CSC(=S)N1CCCC1)Nc1nc(-c2cccc([N+](=O)[O-])c2)cs1. The molecule has 0 radical (unpaired) electrons. The highest BCUT2D eigenvalue weighted by Gasteiger charge is 2.17.